The molecule has 1 saturated heterocycles. The van der Waals surface area contributed by atoms with E-state index in [9.17, 15) is 0 Å². The number of hydrogen-bond acceptors (Lipinski definition) is 1. The lowest BCUT2D eigenvalue weighted by Gasteiger charge is -2.32. The highest BCUT2D eigenvalue weighted by molar-refractivity contribution is 6.79. The van der Waals surface area contributed by atoms with Gasteiger partial charge in [-0.1, -0.05) is 17.7 Å². The van der Waals surface area contributed by atoms with Crippen molar-refractivity contribution in [3.8, 4) is 0 Å². The minimum Gasteiger partial charge on any atom is -0.413 e. The van der Waals surface area contributed by atoms with Crippen LogP contribution < -0.4 is 0 Å². The van der Waals surface area contributed by atoms with Gasteiger partial charge in [0.25, 0.3) is 0 Å². The second-order valence-electron chi connectivity index (χ2n) is 3.51. The van der Waals surface area contributed by atoms with Crippen LogP contribution in [0.3, 0.4) is 0 Å². The average Bonchev–Trinajstić information content (AvgIpc) is 2.04. The zero-order valence-corrected chi connectivity index (χ0v) is 8.81. The van der Waals surface area contributed by atoms with Gasteiger partial charge in [0.05, 0.1) is 0 Å². The molecule has 64 valence electrons. The first-order valence-corrected chi connectivity index (χ1v) is 7.08. The molecule has 1 rings (SSSR count). The van der Waals surface area contributed by atoms with E-state index in [1.807, 2.05) is 0 Å². The lowest BCUT2D eigenvalue weighted by molar-refractivity contribution is 0.276. The molecule has 1 aliphatic rings. The molecule has 0 spiro atoms. The lowest BCUT2D eigenvalue weighted by Crippen LogP contribution is -2.39. The Bertz CT molecular complexity index is 157. The van der Waals surface area contributed by atoms with E-state index in [2.05, 4.69) is 26.5 Å². The summed E-state index contributed by atoms with van der Waals surface area (Å²) in [6.45, 7) is 7.67. The fourth-order valence-electron chi connectivity index (χ4n) is 1.55. The van der Waals surface area contributed by atoms with Crippen LogP contribution in [0.4, 0.5) is 0 Å². The zero-order chi connectivity index (χ0) is 8.32. The highest BCUT2D eigenvalue weighted by Crippen LogP contribution is 2.27. The third-order valence-corrected chi connectivity index (χ3v) is 6.84. The van der Waals surface area contributed by atoms with E-state index in [0.29, 0.717) is 0 Å². The van der Waals surface area contributed by atoms with E-state index < -0.39 is 8.32 Å². The predicted octanol–water partition coefficient (Wildman–Crippen LogP) is 2.88. The molecule has 1 atom stereocenters. The molecule has 0 aliphatic carbocycles. The van der Waals surface area contributed by atoms with E-state index >= 15 is 0 Å². The quantitative estimate of drug-likeness (QED) is 0.550. The summed E-state index contributed by atoms with van der Waals surface area (Å²) in [5.41, 5.74) is 0. The number of rotatable bonds is 1. The molecule has 2 heteroatoms. The van der Waals surface area contributed by atoms with Crippen LogP contribution in [0.2, 0.25) is 12.6 Å². The van der Waals surface area contributed by atoms with Crippen LogP contribution in [0.5, 0.6) is 0 Å². The second-order valence-corrected chi connectivity index (χ2v) is 7.55. The van der Waals surface area contributed by atoms with Gasteiger partial charge in [-0.2, -0.15) is 0 Å². The Morgan fingerprint density at radius 2 is 2.18 bits per heavy atom. The number of hydrogen-bond donors (Lipinski definition) is 0. The molecule has 1 unspecified atom stereocenters. The molecule has 11 heavy (non-hydrogen) atoms. The lowest BCUT2D eigenvalue weighted by atomic mass is 10.4. The summed E-state index contributed by atoms with van der Waals surface area (Å²) in [6.07, 6.45) is 4.85. The first kappa shape index (κ1) is 9.01. The van der Waals surface area contributed by atoms with E-state index in [1.54, 1.807) is 0 Å². The average molecular weight is 170 g/mol. The molecular formula is C9H18OSi. The van der Waals surface area contributed by atoms with Crippen molar-refractivity contribution in [1.29, 1.82) is 0 Å². The summed E-state index contributed by atoms with van der Waals surface area (Å²) in [7, 11) is -1.38. The smallest absolute Gasteiger partial charge is 0.216 e. The van der Waals surface area contributed by atoms with E-state index in [0.717, 1.165) is 6.61 Å². The largest absolute Gasteiger partial charge is 0.413 e. The Hall–Kier alpha value is -0.0831. The van der Waals surface area contributed by atoms with Crippen LogP contribution in [0, 0.1) is 0 Å². The molecule has 1 nitrogen and oxygen atoms in total. The maximum absolute atomic E-state index is 5.89. The van der Waals surface area contributed by atoms with Gasteiger partial charge in [-0.3, -0.25) is 0 Å². The topological polar surface area (TPSA) is 9.23 Å². The van der Waals surface area contributed by atoms with E-state index in [1.165, 1.54) is 24.1 Å². The summed E-state index contributed by atoms with van der Waals surface area (Å²) in [6, 6.07) is 1.32. The van der Waals surface area contributed by atoms with Gasteiger partial charge < -0.3 is 4.43 Å². The monoisotopic (exact) mass is 170 g/mol. The molecule has 0 radical (unpaired) electrons. The first-order valence-electron chi connectivity index (χ1n) is 4.46. The van der Waals surface area contributed by atoms with Gasteiger partial charge in [0.2, 0.25) is 8.32 Å². The SMILES string of the molecule is CC=C(C)[Si]1(C)CCCCO1. The zero-order valence-electron chi connectivity index (χ0n) is 7.81. The molecule has 0 bridgehead atoms. The van der Waals surface area contributed by atoms with Crippen LogP contribution in [-0.4, -0.2) is 14.9 Å². The minimum atomic E-state index is -1.38. The van der Waals surface area contributed by atoms with Crippen molar-refractivity contribution < 1.29 is 4.43 Å². The van der Waals surface area contributed by atoms with Crippen LogP contribution in [0.25, 0.3) is 0 Å². The molecular weight excluding hydrogens is 152 g/mol. The van der Waals surface area contributed by atoms with E-state index in [-0.39, 0.29) is 0 Å². The Morgan fingerprint density at radius 1 is 1.45 bits per heavy atom. The molecule has 0 amide bonds. The summed E-state index contributed by atoms with van der Waals surface area (Å²) in [5, 5.41) is 1.51. The molecule has 0 N–H and O–H groups in total. The van der Waals surface area contributed by atoms with Crippen LogP contribution in [0.1, 0.15) is 26.7 Å². The highest BCUT2D eigenvalue weighted by Gasteiger charge is 2.32. The molecule has 1 aliphatic heterocycles. The van der Waals surface area contributed by atoms with Crippen LogP contribution in [0.15, 0.2) is 11.3 Å². The van der Waals surface area contributed by atoms with Crippen LogP contribution >= 0.6 is 0 Å². The van der Waals surface area contributed by atoms with Gasteiger partial charge in [-0.05, 0) is 32.9 Å². The first-order chi connectivity index (χ1) is 5.19. The van der Waals surface area contributed by atoms with Gasteiger partial charge >= 0.3 is 0 Å². The normalized spacial score (nSPS) is 33.9. The Kier molecular flexibility index (Phi) is 2.90. The van der Waals surface area contributed by atoms with Gasteiger partial charge in [0, 0.05) is 6.61 Å². The third kappa shape index (κ3) is 1.94. The molecule has 1 fully saturated rings. The Morgan fingerprint density at radius 3 is 2.64 bits per heavy atom. The van der Waals surface area contributed by atoms with E-state index in [4.69, 9.17) is 4.43 Å². The summed E-state index contributed by atoms with van der Waals surface area (Å²) in [4.78, 5) is 0. The summed E-state index contributed by atoms with van der Waals surface area (Å²) < 4.78 is 5.89. The van der Waals surface area contributed by atoms with Gasteiger partial charge in [0.15, 0.2) is 0 Å². The van der Waals surface area contributed by atoms with Crippen molar-refractivity contribution in [2.24, 2.45) is 0 Å². The predicted molar refractivity (Wildman–Crippen MR) is 51.0 cm³/mol. The van der Waals surface area contributed by atoms with Crippen molar-refractivity contribution in [1.82, 2.24) is 0 Å². The second kappa shape index (κ2) is 3.54. The minimum absolute atomic E-state index is 0.994. The maximum Gasteiger partial charge on any atom is 0.216 e. The Labute approximate surface area is 70.6 Å². The van der Waals surface area contributed by atoms with Gasteiger partial charge in [-0.25, -0.2) is 0 Å². The fourth-order valence-corrected chi connectivity index (χ4v) is 4.45. The highest BCUT2D eigenvalue weighted by atomic mass is 28.4. The maximum atomic E-state index is 5.89. The van der Waals surface area contributed by atoms with Crippen molar-refractivity contribution in [2.75, 3.05) is 6.61 Å². The molecule has 0 aromatic rings. The van der Waals surface area contributed by atoms with Crippen molar-refractivity contribution in [3.63, 3.8) is 0 Å². The standard InChI is InChI=1S/C9H18OSi/c1-4-9(2)11(3)8-6-5-7-10-11/h4H,5-8H2,1-3H3. The van der Waals surface area contributed by atoms with Gasteiger partial charge in [0.1, 0.15) is 0 Å². The molecule has 0 aromatic carbocycles. The Balaban J connectivity index is 2.64. The molecule has 0 saturated carbocycles. The van der Waals surface area contributed by atoms with Crippen molar-refractivity contribution >= 4 is 8.32 Å². The summed E-state index contributed by atoms with van der Waals surface area (Å²) >= 11 is 0. The van der Waals surface area contributed by atoms with Crippen LogP contribution in [-0.2, 0) is 4.43 Å². The molecule has 0 aromatic heterocycles. The summed E-state index contributed by atoms with van der Waals surface area (Å²) in [5.74, 6) is 0. The fraction of sp³-hybridized carbons (Fsp3) is 0.778. The van der Waals surface area contributed by atoms with Gasteiger partial charge in [-0.15, -0.1) is 0 Å². The number of allylic oxidation sites excluding steroid dienone is 2. The molecule has 1 heterocycles. The van der Waals surface area contributed by atoms with Crippen molar-refractivity contribution in [2.45, 2.75) is 39.3 Å². The van der Waals surface area contributed by atoms with Crippen molar-refractivity contribution in [3.05, 3.63) is 11.3 Å². The third-order valence-electron chi connectivity index (χ3n) is 2.74.